The number of aryl methyl sites for hydroxylation is 2. The predicted molar refractivity (Wildman–Crippen MR) is 97.5 cm³/mol. The van der Waals surface area contributed by atoms with Gasteiger partial charge in [0.05, 0.1) is 17.8 Å². The number of esters is 1. The van der Waals surface area contributed by atoms with E-state index in [1.807, 2.05) is 19.9 Å². The van der Waals surface area contributed by atoms with E-state index >= 15 is 0 Å². The molecule has 0 aromatic heterocycles. The van der Waals surface area contributed by atoms with Crippen molar-refractivity contribution in [3.05, 3.63) is 57.6 Å². The summed E-state index contributed by atoms with van der Waals surface area (Å²) >= 11 is 5.96. The van der Waals surface area contributed by atoms with E-state index in [-0.39, 0.29) is 27.8 Å². The molecule has 1 atom stereocenters. The molecule has 5 nitrogen and oxygen atoms in total. The van der Waals surface area contributed by atoms with Gasteiger partial charge in [0.2, 0.25) is 5.78 Å². The molecule has 0 heterocycles. The third-order valence-corrected chi connectivity index (χ3v) is 4.31. The second-order valence-electron chi connectivity index (χ2n) is 5.78. The summed E-state index contributed by atoms with van der Waals surface area (Å²) in [6, 6.07) is 8.16. The Bertz CT molecular complexity index is 832. The summed E-state index contributed by atoms with van der Waals surface area (Å²) in [5.74, 6) is -0.752. The van der Waals surface area contributed by atoms with Gasteiger partial charge >= 0.3 is 5.97 Å². The molecule has 2 N–H and O–H groups in total. The number of Topliss-reactive ketones (excluding diaryl/α,β-unsaturated/α-hetero) is 1. The van der Waals surface area contributed by atoms with Crippen LogP contribution in [0.1, 0.15) is 38.8 Å². The smallest absolute Gasteiger partial charge is 0.342 e. The Kier molecular flexibility index (Phi) is 5.69. The van der Waals surface area contributed by atoms with Crippen LogP contribution < -0.4 is 10.5 Å². The van der Waals surface area contributed by atoms with E-state index in [1.165, 1.54) is 26.2 Å². The maximum absolute atomic E-state index is 12.5. The Labute approximate surface area is 151 Å². The Balaban J connectivity index is 2.21. The van der Waals surface area contributed by atoms with Crippen molar-refractivity contribution in [2.24, 2.45) is 0 Å². The molecule has 0 aliphatic rings. The molecule has 0 saturated carbocycles. The number of hydrogen-bond donors (Lipinski definition) is 1. The Morgan fingerprint density at radius 2 is 1.80 bits per heavy atom. The summed E-state index contributed by atoms with van der Waals surface area (Å²) in [6.45, 7) is 5.41. The van der Waals surface area contributed by atoms with Gasteiger partial charge in [-0.25, -0.2) is 4.79 Å². The van der Waals surface area contributed by atoms with Crippen molar-refractivity contribution in [1.82, 2.24) is 0 Å². The van der Waals surface area contributed by atoms with Crippen molar-refractivity contribution < 1.29 is 19.1 Å². The van der Waals surface area contributed by atoms with E-state index in [1.54, 1.807) is 12.1 Å². The first-order chi connectivity index (χ1) is 11.7. The first kappa shape index (κ1) is 18.8. The molecular weight excluding hydrogens is 342 g/mol. The number of halogens is 1. The van der Waals surface area contributed by atoms with Crippen molar-refractivity contribution in [3.8, 4) is 5.75 Å². The lowest BCUT2D eigenvalue weighted by Crippen LogP contribution is -2.25. The van der Waals surface area contributed by atoms with Crippen LogP contribution in [-0.2, 0) is 4.74 Å². The monoisotopic (exact) mass is 361 g/mol. The summed E-state index contributed by atoms with van der Waals surface area (Å²) in [4.78, 5) is 24.9. The van der Waals surface area contributed by atoms with E-state index in [2.05, 4.69) is 0 Å². The highest BCUT2D eigenvalue weighted by atomic mass is 35.5. The number of ether oxygens (including phenoxy) is 2. The standard InChI is InChI=1S/C19H20ClNO4/c1-10-5-6-13(7-11(10)2)18(22)12(3)25-19(23)14-8-15(20)16(21)9-17(14)24-4/h5-9,12H,21H2,1-4H3/t12-/m0/s1. The average molecular weight is 362 g/mol. The van der Waals surface area contributed by atoms with Crippen molar-refractivity contribution in [2.45, 2.75) is 26.9 Å². The maximum atomic E-state index is 12.5. The zero-order valence-corrected chi connectivity index (χ0v) is 15.3. The minimum absolute atomic E-state index is 0.112. The van der Waals surface area contributed by atoms with Gasteiger partial charge in [-0.1, -0.05) is 23.7 Å². The fraction of sp³-hybridized carbons (Fsp3) is 0.263. The molecule has 0 amide bonds. The Morgan fingerprint density at radius 3 is 2.40 bits per heavy atom. The molecule has 0 spiro atoms. The summed E-state index contributed by atoms with van der Waals surface area (Å²) in [5.41, 5.74) is 8.67. The molecule has 2 aromatic rings. The highest BCUT2D eigenvalue weighted by Gasteiger charge is 2.23. The number of benzene rings is 2. The minimum Gasteiger partial charge on any atom is -0.496 e. The van der Waals surface area contributed by atoms with Crippen LogP contribution in [0.3, 0.4) is 0 Å². The third kappa shape index (κ3) is 4.12. The molecule has 0 fully saturated rings. The van der Waals surface area contributed by atoms with Gasteiger partial charge < -0.3 is 15.2 Å². The van der Waals surface area contributed by atoms with Gasteiger partial charge in [0, 0.05) is 11.6 Å². The van der Waals surface area contributed by atoms with Crippen LogP contribution in [0.15, 0.2) is 30.3 Å². The molecule has 132 valence electrons. The zero-order valence-electron chi connectivity index (χ0n) is 14.6. The van der Waals surface area contributed by atoms with Gasteiger partial charge in [-0.05, 0) is 44.0 Å². The van der Waals surface area contributed by atoms with Crippen LogP contribution in [0.25, 0.3) is 0 Å². The lowest BCUT2D eigenvalue weighted by Gasteiger charge is -2.15. The first-order valence-corrected chi connectivity index (χ1v) is 8.07. The van der Waals surface area contributed by atoms with Crippen LogP contribution in [0, 0.1) is 13.8 Å². The van der Waals surface area contributed by atoms with Crippen LogP contribution in [-0.4, -0.2) is 25.0 Å². The third-order valence-electron chi connectivity index (χ3n) is 3.98. The number of nitrogens with two attached hydrogens (primary N) is 1. The topological polar surface area (TPSA) is 78.6 Å². The lowest BCUT2D eigenvalue weighted by molar-refractivity contribution is 0.0316. The predicted octanol–water partition coefficient (Wildman–Crippen LogP) is 3.98. The summed E-state index contributed by atoms with van der Waals surface area (Å²) < 4.78 is 10.4. The quantitative estimate of drug-likeness (QED) is 0.495. The number of anilines is 1. The fourth-order valence-electron chi connectivity index (χ4n) is 2.30. The van der Waals surface area contributed by atoms with Gasteiger partial charge in [-0.15, -0.1) is 0 Å². The van der Waals surface area contributed by atoms with E-state index in [9.17, 15) is 9.59 Å². The maximum Gasteiger partial charge on any atom is 0.342 e. The van der Waals surface area contributed by atoms with Gasteiger partial charge in [0.15, 0.2) is 6.10 Å². The number of methoxy groups -OCH3 is 1. The van der Waals surface area contributed by atoms with Crippen molar-refractivity contribution in [3.63, 3.8) is 0 Å². The zero-order chi connectivity index (χ0) is 18.7. The van der Waals surface area contributed by atoms with Crippen molar-refractivity contribution in [2.75, 3.05) is 12.8 Å². The van der Waals surface area contributed by atoms with Crippen molar-refractivity contribution >= 4 is 29.0 Å². The molecule has 0 aliphatic carbocycles. The fourth-order valence-corrected chi connectivity index (χ4v) is 2.47. The van der Waals surface area contributed by atoms with Gasteiger partial charge in [-0.3, -0.25) is 4.79 Å². The van der Waals surface area contributed by atoms with E-state index in [4.69, 9.17) is 26.8 Å². The molecule has 0 bridgehead atoms. The van der Waals surface area contributed by atoms with Gasteiger partial charge in [-0.2, -0.15) is 0 Å². The molecule has 6 heteroatoms. The second-order valence-corrected chi connectivity index (χ2v) is 6.19. The minimum atomic E-state index is -0.948. The number of ketones is 1. The molecule has 0 radical (unpaired) electrons. The largest absolute Gasteiger partial charge is 0.496 e. The summed E-state index contributed by atoms with van der Waals surface area (Å²) in [7, 11) is 1.41. The number of carbonyl (C=O) groups is 2. The normalized spacial score (nSPS) is 11.7. The SMILES string of the molecule is COc1cc(N)c(Cl)cc1C(=O)O[C@@H](C)C(=O)c1ccc(C)c(C)c1. The number of hydrogen-bond acceptors (Lipinski definition) is 5. The van der Waals surface area contributed by atoms with Crippen LogP contribution >= 0.6 is 11.6 Å². The molecule has 0 aliphatic heterocycles. The highest BCUT2D eigenvalue weighted by molar-refractivity contribution is 6.33. The Hall–Kier alpha value is -2.53. The van der Waals surface area contributed by atoms with Crippen molar-refractivity contribution in [1.29, 1.82) is 0 Å². The molecule has 2 rings (SSSR count). The van der Waals surface area contributed by atoms with Crippen LogP contribution in [0.4, 0.5) is 5.69 Å². The average Bonchev–Trinajstić information content (AvgIpc) is 2.58. The molecule has 0 unspecified atom stereocenters. The highest BCUT2D eigenvalue weighted by Crippen LogP contribution is 2.29. The van der Waals surface area contributed by atoms with E-state index < -0.39 is 12.1 Å². The second kappa shape index (κ2) is 7.57. The number of nitrogen functional groups attached to an aromatic ring is 1. The lowest BCUT2D eigenvalue weighted by atomic mass is 10.0. The van der Waals surface area contributed by atoms with E-state index in [0.717, 1.165) is 11.1 Å². The first-order valence-electron chi connectivity index (χ1n) is 7.70. The van der Waals surface area contributed by atoms with Gasteiger partial charge in [0.25, 0.3) is 0 Å². The molecule has 2 aromatic carbocycles. The number of rotatable bonds is 5. The van der Waals surface area contributed by atoms with E-state index in [0.29, 0.717) is 5.56 Å². The van der Waals surface area contributed by atoms with Gasteiger partial charge in [0.1, 0.15) is 11.3 Å². The molecular formula is C19H20ClNO4. The molecule has 25 heavy (non-hydrogen) atoms. The Morgan fingerprint density at radius 1 is 1.12 bits per heavy atom. The van der Waals surface area contributed by atoms with Crippen LogP contribution in [0.5, 0.6) is 5.75 Å². The number of carbonyl (C=O) groups excluding carboxylic acids is 2. The molecule has 0 saturated heterocycles. The van der Waals surface area contributed by atoms with Crippen LogP contribution in [0.2, 0.25) is 5.02 Å². The summed E-state index contributed by atoms with van der Waals surface area (Å²) in [6.07, 6.45) is -0.948. The summed E-state index contributed by atoms with van der Waals surface area (Å²) in [5, 5.41) is 0.209.